The predicted molar refractivity (Wildman–Crippen MR) is 129 cm³/mol. The van der Waals surface area contributed by atoms with Crippen molar-refractivity contribution >= 4 is 17.5 Å². The van der Waals surface area contributed by atoms with Gasteiger partial charge in [0, 0.05) is 21.9 Å². The van der Waals surface area contributed by atoms with Crippen molar-refractivity contribution < 1.29 is 18.5 Å². The second kappa shape index (κ2) is 10.2. The van der Waals surface area contributed by atoms with Crippen molar-refractivity contribution in [3.8, 4) is 17.1 Å². The fraction of sp³-hybridized carbons (Fsp3) is 0.320. The molecule has 174 valence electrons. The molecule has 6 nitrogen and oxygen atoms in total. The summed E-state index contributed by atoms with van der Waals surface area (Å²) in [4.78, 5) is 10.5. The van der Waals surface area contributed by atoms with E-state index in [0.717, 1.165) is 5.56 Å². The topological polar surface area (TPSA) is 69.7 Å². The molecule has 0 saturated carbocycles. The molecular formula is C25H28FN3O3S. The van der Waals surface area contributed by atoms with Crippen LogP contribution >= 0.6 is 11.8 Å². The Bertz CT molecular complexity index is 1150. The second-order valence-electron chi connectivity index (χ2n) is 8.29. The SMILES string of the molecule is C=C(O/N=C(\C)c1ccc(SC)c(F)c1)C(C)(C)Oc1ccc(-c2noc(C(C)C)n2)cc1. The van der Waals surface area contributed by atoms with E-state index in [1.807, 2.05) is 58.2 Å². The molecule has 0 fully saturated rings. The third-order valence-corrected chi connectivity index (χ3v) is 5.73. The van der Waals surface area contributed by atoms with E-state index in [9.17, 15) is 4.39 Å². The first-order valence-electron chi connectivity index (χ1n) is 10.5. The lowest BCUT2D eigenvalue weighted by Gasteiger charge is -2.26. The molecule has 3 aromatic rings. The molecule has 0 aliphatic heterocycles. The predicted octanol–water partition coefficient (Wildman–Crippen LogP) is 6.83. The summed E-state index contributed by atoms with van der Waals surface area (Å²) < 4.78 is 25.4. The zero-order valence-electron chi connectivity index (χ0n) is 19.7. The molecule has 0 bridgehead atoms. The van der Waals surface area contributed by atoms with Gasteiger partial charge in [0.1, 0.15) is 11.6 Å². The molecule has 8 heteroatoms. The lowest BCUT2D eigenvalue weighted by atomic mass is 10.1. The van der Waals surface area contributed by atoms with Gasteiger partial charge in [0.15, 0.2) is 11.4 Å². The summed E-state index contributed by atoms with van der Waals surface area (Å²) in [5, 5.41) is 8.13. The number of aromatic nitrogens is 2. The van der Waals surface area contributed by atoms with E-state index in [-0.39, 0.29) is 11.7 Å². The van der Waals surface area contributed by atoms with Gasteiger partial charge < -0.3 is 14.1 Å². The van der Waals surface area contributed by atoms with Gasteiger partial charge in [-0.3, -0.25) is 0 Å². The molecule has 0 radical (unpaired) electrons. The van der Waals surface area contributed by atoms with Gasteiger partial charge in [0.2, 0.25) is 11.7 Å². The van der Waals surface area contributed by atoms with Crippen LogP contribution in [0.25, 0.3) is 11.4 Å². The highest BCUT2D eigenvalue weighted by atomic mass is 32.2. The molecule has 0 atom stereocenters. The van der Waals surface area contributed by atoms with Crippen molar-refractivity contribution in [2.75, 3.05) is 6.26 Å². The van der Waals surface area contributed by atoms with Crippen molar-refractivity contribution in [3.05, 3.63) is 72.1 Å². The largest absolute Gasteiger partial charge is 0.480 e. The van der Waals surface area contributed by atoms with Crippen molar-refractivity contribution in [2.24, 2.45) is 5.16 Å². The number of benzene rings is 2. The minimum absolute atomic E-state index is 0.167. The van der Waals surface area contributed by atoms with Crippen LogP contribution in [0.15, 0.2) is 69.4 Å². The van der Waals surface area contributed by atoms with Crippen LogP contribution in [0.3, 0.4) is 0 Å². The van der Waals surface area contributed by atoms with E-state index in [1.54, 1.807) is 19.1 Å². The van der Waals surface area contributed by atoms with Gasteiger partial charge in [0.05, 0.1) is 5.71 Å². The standard InChI is InChI=1S/C25H28FN3O3S/c1-15(2)24-27-23(29-32-24)18-8-11-20(12-9-18)30-25(5,6)17(4)31-28-16(3)19-10-13-22(33-7)21(26)14-19/h8-15H,4H2,1-3,5-7H3/b28-16+. The molecule has 0 saturated heterocycles. The summed E-state index contributed by atoms with van der Waals surface area (Å²) in [6.07, 6.45) is 1.83. The van der Waals surface area contributed by atoms with Crippen molar-refractivity contribution in [1.29, 1.82) is 0 Å². The number of hydrogen-bond acceptors (Lipinski definition) is 7. The van der Waals surface area contributed by atoms with Gasteiger partial charge in [-0.1, -0.05) is 36.8 Å². The van der Waals surface area contributed by atoms with E-state index >= 15 is 0 Å². The summed E-state index contributed by atoms with van der Waals surface area (Å²) in [6, 6.07) is 12.3. The van der Waals surface area contributed by atoms with E-state index < -0.39 is 5.60 Å². The van der Waals surface area contributed by atoms with Crippen molar-refractivity contribution in [2.45, 2.75) is 51.0 Å². The first-order valence-corrected chi connectivity index (χ1v) is 11.7. The molecule has 0 aliphatic rings. The molecule has 33 heavy (non-hydrogen) atoms. The minimum Gasteiger partial charge on any atom is -0.480 e. The highest BCUT2D eigenvalue weighted by Gasteiger charge is 2.27. The molecule has 0 unspecified atom stereocenters. The molecule has 1 aromatic heterocycles. The van der Waals surface area contributed by atoms with E-state index in [2.05, 4.69) is 21.9 Å². The van der Waals surface area contributed by atoms with Gasteiger partial charge in [-0.15, -0.1) is 11.8 Å². The highest BCUT2D eigenvalue weighted by Crippen LogP contribution is 2.28. The number of halogens is 1. The second-order valence-corrected chi connectivity index (χ2v) is 9.14. The summed E-state index contributed by atoms with van der Waals surface area (Å²) in [5.74, 6) is 1.94. The molecule has 0 amide bonds. The molecule has 0 spiro atoms. The third kappa shape index (κ3) is 6.01. The zero-order chi connectivity index (χ0) is 24.2. The monoisotopic (exact) mass is 469 g/mol. The first kappa shape index (κ1) is 24.5. The lowest BCUT2D eigenvalue weighted by Crippen LogP contribution is -2.31. The Morgan fingerprint density at radius 3 is 2.45 bits per heavy atom. The van der Waals surface area contributed by atoms with E-state index in [0.29, 0.717) is 39.4 Å². The number of nitrogens with zero attached hydrogens (tertiary/aromatic N) is 3. The lowest BCUT2D eigenvalue weighted by molar-refractivity contribution is 0.0627. The number of oxime groups is 1. The van der Waals surface area contributed by atoms with Gasteiger partial charge in [-0.2, -0.15) is 4.98 Å². The molecule has 0 N–H and O–H groups in total. The normalized spacial score (nSPS) is 12.2. The molecular weight excluding hydrogens is 441 g/mol. The van der Waals surface area contributed by atoms with Gasteiger partial charge in [-0.05, 0) is 63.4 Å². The zero-order valence-corrected chi connectivity index (χ0v) is 20.5. The smallest absolute Gasteiger partial charge is 0.229 e. The van der Waals surface area contributed by atoms with Crippen LogP contribution in [0.4, 0.5) is 4.39 Å². The maximum absolute atomic E-state index is 14.0. The number of thioether (sulfide) groups is 1. The summed E-state index contributed by atoms with van der Waals surface area (Å²) in [6.45, 7) is 13.3. The van der Waals surface area contributed by atoms with Crippen LogP contribution in [0.1, 0.15) is 52.0 Å². The Morgan fingerprint density at radius 1 is 1.18 bits per heavy atom. The number of hydrogen-bond donors (Lipinski definition) is 0. The fourth-order valence-electron chi connectivity index (χ4n) is 2.79. The van der Waals surface area contributed by atoms with Crippen LogP contribution in [0.5, 0.6) is 5.75 Å². The number of rotatable bonds is 9. The Kier molecular flexibility index (Phi) is 7.58. The number of ether oxygens (including phenoxy) is 1. The summed E-state index contributed by atoms with van der Waals surface area (Å²) in [5.41, 5.74) is 1.13. The van der Waals surface area contributed by atoms with Crippen molar-refractivity contribution in [3.63, 3.8) is 0 Å². The van der Waals surface area contributed by atoms with Crippen LogP contribution < -0.4 is 4.74 Å². The van der Waals surface area contributed by atoms with Gasteiger partial charge in [-0.25, -0.2) is 4.39 Å². The summed E-state index contributed by atoms with van der Waals surface area (Å²) in [7, 11) is 0. The van der Waals surface area contributed by atoms with Crippen LogP contribution in [0, 0.1) is 5.82 Å². The molecule has 0 aliphatic carbocycles. The first-order chi connectivity index (χ1) is 15.6. The third-order valence-electron chi connectivity index (χ3n) is 4.96. The molecule has 1 heterocycles. The minimum atomic E-state index is -0.865. The van der Waals surface area contributed by atoms with Crippen molar-refractivity contribution in [1.82, 2.24) is 10.1 Å². The Labute approximate surface area is 197 Å². The van der Waals surface area contributed by atoms with Crippen LogP contribution in [-0.2, 0) is 4.84 Å². The highest BCUT2D eigenvalue weighted by molar-refractivity contribution is 7.98. The van der Waals surface area contributed by atoms with E-state index in [4.69, 9.17) is 14.1 Å². The maximum Gasteiger partial charge on any atom is 0.229 e. The average Bonchev–Trinajstić information content (AvgIpc) is 3.28. The Hall–Kier alpha value is -3.13. The van der Waals surface area contributed by atoms with E-state index in [1.165, 1.54) is 17.8 Å². The molecule has 2 aromatic carbocycles. The quantitative estimate of drug-likeness (QED) is 0.148. The van der Waals surface area contributed by atoms with Crippen LogP contribution in [-0.4, -0.2) is 27.7 Å². The maximum atomic E-state index is 14.0. The van der Waals surface area contributed by atoms with Crippen LogP contribution in [0.2, 0.25) is 0 Å². The Morgan fingerprint density at radius 2 is 1.88 bits per heavy atom. The fourth-order valence-corrected chi connectivity index (χ4v) is 3.25. The molecule has 3 rings (SSSR count). The average molecular weight is 470 g/mol. The van der Waals surface area contributed by atoms with Gasteiger partial charge in [0.25, 0.3) is 0 Å². The Balaban J connectivity index is 1.65. The summed E-state index contributed by atoms with van der Waals surface area (Å²) >= 11 is 1.35. The van der Waals surface area contributed by atoms with Gasteiger partial charge >= 0.3 is 0 Å².